The van der Waals surface area contributed by atoms with E-state index in [9.17, 15) is 4.79 Å². The van der Waals surface area contributed by atoms with Gasteiger partial charge in [-0.15, -0.1) is 0 Å². The highest BCUT2D eigenvalue weighted by molar-refractivity contribution is 5.68. The van der Waals surface area contributed by atoms with E-state index in [-0.39, 0.29) is 12.1 Å². The molecule has 110 valence electrons. The maximum absolute atomic E-state index is 12.0. The number of carbonyl (C=O) groups is 1. The van der Waals surface area contributed by atoms with Crippen molar-refractivity contribution in [3.63, 3.8) is 0 Å². The summed E-state index contributed by atoms with van der Waals surface area (Å²) >= 11 is 0. The molecular formula is C15H28N2O2. The summed E-state index contributed by atoms with van der Waals surface area (Å²) in [6, 6.07) is 0.283. The Morgan fingerprint density at radius 3 is 2.21 bits per heavy atom. The Morgan fingerprint density at radius 1 is 1.32 bits per heavy atom. The molecule has 2 N–H and O–H groups in total. The molecule has 1 atom stereocenters. The molecule has 1 saturated heterocycles. The van der Waals surface area contributed by atoms with Gasteiger partial charge in [0.2, 0.25) is 0 Å². The lowest BCUT2D eigenvalue weighted by molar-refractivity contribution is 0.0143. The van der Waals surface area contributed by atoms with Gasteiger partial charge in [0, 0.05) is 19.1 Å². The molecule has 0 aromatic rings. The zero-order valence-corrected chi connectivity index (χ0v) is 12.7. The average molecular weight is 268 g/mol. The molecule has 2 fully saturated rings. The minimum atomic E-state index is -0.405. The van der Waals surface area contributed by atoms with E-state index in [2.05, 4.69) is 6.92 Å². The van der Waals surface area contributed by atoms with Crippen LogP contribution in [0.1, 0.15) is 53.4 Å². The minimum absolute atomic E-state index is 0.170. The van der Waals surface area contributed by atoms with Crippen LogP contribution in [-0.2, 0) is 4.74 Å². The van der Waals surface area contributed by atoms with Gasteiger partial charge in [0.25, 0.3) is 0 Å². The highest BCUT2D eigenvalue weighted by atomic mass is 16.6. The van der Waals surface area contributed by atoms with Gasteiger partial charge < -0.3 is 15.4 Å². The number of nitrogens with two attached hydrogens (primary N) is 1. The van der Waals surface area contributed by atoms with Crippen molar-refractivity contribution in [2.45, 2.75) is 65.0 Å². The maximum atomic E-state index is 12.0. The predicted octanol–water partition coefficient (Wildman–Crippen LogP) is 2.76. The fraction of sp³-hybridized carbons (Fsp3) is 0.933. The number of amides is 1. The molecule has 1 aliphatic heterocycles. The normalized spacial score (nSPS) is 25.0. The Morgan fingerprint density at radius 2 is 1.84 bits per heavy atom. The van der Waals surface area contributed by atoms with E-state index in [1.54, 1.807) is 0 Å². The molecule has 0 aromatic carbocycles. The van der Waals surface area contributed by atoms with Gasteiger partial charge in [-0.3, -0.25) is 0 Å². The van der Waals surface area contributed by atoms with E-state index in [1.165, 1.54) is 12.8 Å². The second kappa shape index (κ2) is 4.97. The van der Waals surface area contributed by atoms with Gasteiger partial charge in [-0.05, 0) is 64.7 Å². The average Bonchev–Trinajstić information content (AvgIpc) is 3.08. The molecule has 1 unspecified atom stereocenters. The summed E-state index contributed by atoms with van der Waals surface area (Å²) in [4.78, 5) is 13.8. The SMILES string of the molecule is CC(N)C1(C2CCN(C(=O)OC(C)(C)C)CC2)CC1. The number of hydrogen-bond donors (Lipinski definition) is 1. The lowest BCUT2D eigenvalue weighted by Crippen LogP contribution is -2.45. The third-order valence-electron chi connectivity index (χ3n) is 4.69. The van der Waals surface area contributed by atoms with Gasteiger partial charge in [0.1, 0.15) is 5.60 Å². The first-order valence-corrected chi connectivity index (χ1v) is 7.48. The van der Waals surface area contributed by atoms with Crippen LogP contribution in [0.15, 0.2) is 0 Å². The Labute approximate surface area is 116 Å². The maximum Gasteiger partial charge on any atom is 0.410 e. The lowest BCUT2D eigenvalue weighted by Gasteiger charge is -2.38. The zero-order valence-electron chi connectivity index (χ0n) is 12.7. The molecule has 19 heavy (non-hydrogen) atoms. The molecule has 1 aliphatic carbocycles. The largest absolute Gasteiger partial charge is 0.444 e. The Bertz CT molecular complexity index is 335. The fourth-order valence-corrected chi connectivity index (χ4v) is 3.34. The van der Waals surface area contributed by atoms with Gasteiger partial charge in [-0.1, -0.05) is 0 Å². The first-order chi connectivity index (χ1) is 8.74. The van der Waals surface area contributed by atoms with Crippen LogP contribution >= 0.6 is 0 Å². The highest BCUT2D eigenvalue weighted by Crippen LogP contribution is 2.57. The number of piperidine rings is 1. The first kappa shape index (κ1) is 14.6. The van der Waals surface area contributed by atoms with Crippen molar-refractivity contribution < 1.29 is 9.53 Å². The topological polar surface area (TPSA) is 55.6 Å². The lowest BCUT2D eigenvalue weighted by atomic mass is 9.77. The molecule has 0 radical (unpaired) electrons. The highest BCUT2D eigenvalue weighted by Gasteiger charge is 2.52. The summed E-state index contributed by atoms with van der Waals surface area (Å²) in [5, 5.41) is 0. The van der Waals surface area contributed by atoms with Crippen molar-refractivity contribution in [1.82, 2.24) is 4.90 Å². The van der Waals surface area contributed by atoms with Crippen LogP contribution in [0.25, 0.3) is 0 Å². The Balaban J connectivity index is 1.85. The summed E-state index contributed by atoms with van der Waals surface area (Å²) < 4.78 is 5.42. The zero-order chi connectivity index (χ0) is 14.3. The molecule has 0 aromatic heterocycles. The summed E-state index contributed by atoms with van der Waals surface area (Å²) in [6.45, 7) is 9.49. The van der Waals surface area contributed by atoms with Crippen LogP contribution in [0.3, 0.4) is 0 Å². The smallest absolute Gasteiger partial charge is 0.410 e. The third-order valence-corrected chi connectivity index (χ3v) is 4.69. The molecule has 1 amide bonds. The van der Waals surface area contributed by atoms with Crippen LogP contribution in [0, 0.1) is 11.3 Å². The quantitative estimate of drug-likeness (QED) is 0.838. The van der Waals surface area contributed by atoms with Gasteiger partial charge in [-0.2, -0.15) is 0 Å². The van der Waals surface area contributed by atoms with E-state index >= 15 is 0 Å². The number of nitrogens with zero attached hydrogens (tertiary/aromatic N) is 1. The summed E-state index contributed by atoms with van der Waals surface area (Å²) in [7, 11) is 0. The number of carbonyl (C=O) groups excluding carboxylic acids is 1. The van der Waals surface area contributed by atoms with Gasteiger partial charge >= 0.3 is 6.09 Å². The van der Waals surface area contributed by atoms with E-state index in [0.717, 1.165) is 25.9 Å². The summed E-state index contributed by atoms with van der Waals surface area (Å²) in [5.74, 6) is 0.686. The summed E-state index contributed by atoms with van der Waals surface area (Å²) in [5.41, 5.74) is 6.11. The predicted molar refractivity (Wildman–Crippen MR) is 75.8 cm³/mol. The molecule has 1 saturated carbocycles. The Hall–Kier alpha value is -0.770. The summed E-state index contributed by atoms with van der Waals surface area (Å²) in [6.07, 6.45) is 4.50. The van der Waals surface area contributed by atoms with Gasteiger partial charge in [0.05, 0.1) is 0 Å². The van der Waals surface area contributed by atoms with Crippen molar-refractivity contribution in [2.24, 2.45) is 17.1 Å². The van der Waals surface area contributed by atoms with Crippen LogP contribution < -0.4 is 5.73 Å². The molecule has 4 nitrogen and oxygen atoms in total. The van der Waals surface area contributed by atoms with E-state index in [0.29, 0.717) is 11.3 Å². The number of hydrogen-bond acceptors (Lipinski definition) is 3. The number of likely N-dealkylation sites (tertiary alicyclic amines) is 1. The molecule has 0 bridgehead atoms. The second-order valence-electron chi connectivity index (χ2n) is 7.26. The van der Waals surface area contributed by atoms with E-state index < -0.39 is 5.60 Å². The molecular weight excluding hydrogens is 240 g/mol. The van der Waals surface area contributed by atoms with E-state index in [1.807, 2.05) is 25.7 Å². The van der Waals surface area contributed by atoms with E-state index in [4.69, 9.17) is 10.5 Å². The van der Waals surface area contributed by atoms with Crippen molar-refractivity contribution >= 4 is 6.09 Å². The second-order valence-corrected chi connectivity index (χ2v) is 7.26. The molecule has 2 aliphatic rings. The van der Waals surface area contributed by atoms with Crippen molar-refractivity contribution in [3.05, 3.63) is 0 Å². The van der Waals surface area contributed by atoms with Gasteiger partial charge in [0.15, 0.2) is 0 Å². The van der Waals surface area contributed by atoms with Crippen molar-refractivity contribution in [1.29, 1.82) is 0 Å². The van der Waals surface area contributed by atoms with Crippen LogP contribution in [-0.4, -0.2) is 35.7 Å². The third kappa shape index (κ3) is 3.22. The monoisotopic (exact) mass is 268 g/mol. The molecule has 0 spiro atoms. The van der Waals surface area contributed by atoms with Crippen molar-refractivity contribution in [3.8, 4) is 0 Å². The van der Waals surface area contributed by atoms with Crippen LogP contribution in [0.5, 0.6) is 0 Å². The van der Waals surface area contributed by atoms with Crippen molar-refractivity contribution in [2.75, 3.05) is 13.1 Å². The Kier molecular flexibility index (Phi) is 3.83. The standard InChI is InChI=1S/C15H28N2O2/c1-11(16)15(7-8-15)12-5-9-17(10-6-12)13(18)19-14(2,3)4/h11-12H,5-10,16H2,1-4H3. The van der Waals surface area contributed by atoms with Crippen LogP contribution in [0.2, 0.25) is 0 Å². The number of rotatable bonds is 2. The molecule has 2 rings (SSSR count). The minimum Gasteiger partial charge on any atom is -0.444 e. The molecule has 1 heterocycles. The number of ether oxygens (including phenoxy) is 1. The fourth-order valence-electron chi connectivity index (χ4n) is 3.34. The van der Waals surface area contributed by atoms with Gasteiger partial charge in [-0.25, -0.2) is 4.79 Å². The first-order valence-electron chi connectivity index (χ1n) is 7.48. The molecule has 4 heteroatoms. The van der Waals surface area contributed by atoms with Crippen LogP contribution in [0.4, 0.5) is 4.79 Å².